The summed E-state index contributed by atoms with van der Waals surface area (Å²) < 4.78 is 16.8. The van der Waals surface area contributed by atoms with E-state index >= 15 is 0 Å². The lowest BCUT2D eigenvalue weighted by Crippen LogP contribution is -2.12. The molecule has 11 nitrogen and oxygen atoms in total. The van der Waals surface area contributed by atoms with E-state index < -0.39 is 5.97 Å². The summed E-state index contributed by atoms with van der Waals surface area (Å²) in [6.07, 6.45) is 9.93. The molecule has 0 radical (unpaired) electrons. The first-order valence-corrected chi connectivity index (χ1v) is 17.0. The molecule has 0 spiro atoms. The highest BCUT2D eigenvalue weighted by Gasteiger charge is 2.08. The van der Waals surface area contributed by atoms with Crippen LogP contribution in [0, 0.1) is 0 Å². The molecule has 246 valence electrons. The minimum atomic E-state index is -0.441. The molecule has 2 heterocycles. The van der Waals surface area contributed by atoms with E-state index in [4.69, 9.17) is 14.2 Å². The molecule has 1 N–H and O–H groups in total. The Morgan fingerprint density at radius 3 is 1.98 bits per heavy atom. The summed E-state index contributed by atoms with van der Waals surface area (Å²) in [5.41, 5.74) is 2.32. The van der Waals surface area contributed by atoms with E-state index in [-0.39, 0.29) is 12.6 Å². The Labute approximate surface area is 282 Å². The third kappa shape index (κ3) is 12.9. The normalized spacial score (nSPS) is 11.2. The highest BCUT2D eigenvalue weighted by atomic mass is 32.1. The molecule has 13 heteroatoms. The van der Waals surface area contributed by atoms with Crippen LogP contribution in [-0.4, -0.2) is 43.3 Å². The Kier molecular flexibility index (Phi) is 14.7. The summed E-state index contributed by atoms with van der Waals surface area (Å²) in [5.74, 6) is 0.0240. The summed E-state index contributed by atoms with van der Waals surface area (Å²) in [5, 5.41) is 21.8. The van der Waals surface area contributed by atoms with E-state index in [0.717, 1.165) is 69.8 Å². The maximum atomic E-state index is 11.1. The van der Waals surface area contributed by atoms with Crippen molar-refractivity contribution < 1.29 is 23.8 Å². The van der Waals surface area contributed by atoms with Gasteiger partial charge in [-0.1, -0.05) is 67.9 Å². The molecule has 4 rings (SSSR count). The highest BCUT2D eigenvalue weighted by Crippen LogP contribution is 2.39. The van der Waals surface area contributed by atoms with Crippen molar-refractivity contribution in [1.82, 2.24) is 4.98 Å². The molecule has 2 aromatic carbocycles. The Hall–Kier alpha value is -4.75. The highest BCUT2D eigenvalue weighted by molar-refractivity contribution is 7.30. The van der Waals surface area contributed by atoms with Crippen molar-refractivity contribution in [3.05, 3.63) is 79.9 Å². The fourth-order valence-corrected chi connectivity index (χ4v) is 6.03. The lowest BCUT2D eigenvalue weighted by atomic mass is 10.1. The van der Waals surface area contributed by atoms with Gasteiger partial charge in [-0.05, 0) is 67.4 Å². The monoisotopic (exact) mass is 674 g/mol. The number of aromatic nitrogens is 1. The average Bonchev–Trinajstić information content (AvgIpc) is 3.66. The molecule has 2 aromatic heterocycles. The molecule has 0 saturated carbocycles. The minimum Gasteiger partial charge on any atom is -0.494 e. The molecule has 0 aliphatic carbocycles. The number of carbonyl (C=O) groups excluding carboxylic acids is 2. The number of thiophene rings is 1. The van der Waals surface area contributed by atoms with Gasteiger partial charge in [0.25, 0.3) is 0 Å². The number of nitrogens with one attached hydrogen (secondary N) is 1. The molecule has 0 aliphatic heterocycles. The van der Waals surface area contributed by atoms with Crippen LogP contribution in [-0.2, 0) is 19.1 Å². The lowest BCUT2D eigenvalue weighted by molar-refractivity contribution is -0.138. The van der Waals surface area contributed by atoms with Gasteiger partial charge in [-0.25, -0.2) is 14.6 Å². The number of unbranched alkanes of at least 4 members (excludes halogenated alkanes) is 6. The van der Waals surface area contributed by atoms with E-state index in [1.165, 1.54) is 41.6 Å². The number of ether oxygens (including phenoxy) is 3. The molecular formula is C34H38N6O5S2. The third-order valence-electron chi connectivity index (χ3n) is 6.59. The van der Waals surface area contributed by atoms with Crippen LogP contribution >= 0.6 is 22.7 Å². The SMILES string of the molecule is C=CC(=O)OCCCCCCCCCOc1ccc(N=Nc2cc3sc(N=Nc4ccc(NCCOC(=O)C=C)cc4)nc3s2)cc1. The number of nitrogens with zero attached hydrogens (tertiary/aromatic N) is 5. The van der Waals surface area contributed by atoms with Gasteiger partial charge in [0.15, 0.2) is 0 Å². The van der Waals surface area contributed by atoms with Crippen LogP contribution in [0.5, 0.6) is 5.75 Å². The van der Waals surface area contributed by atoms with Crippen LogP contribution in [0.2, 0.25) is 0 Å². The Morgan fingerprint density at radius 1 is 0.723 bits per heavy atom. The van der Waals surface area contributed by atoms with Crippen molar-refractivity contribution in [3.63, 3.8) is 0 Å². The van der Waals surface area contributed by atoms with E-state index in [1.807, 2.05) is 54.6 Å². The van der Waals surface area contributed by atoms with Gasteiger partial charge in [-0.2, -0.15) is 0 Å². The number of anilines is 1. The summed E-state index contributed by atoms with van der Waals surface area (Å²) >= 11 is 2.89. The molecule has 0 amide bonds. The molecule has 0 atom stereocenters. The third-order valence-corrected chi connectivity index (χ3v) is 8.52. The maximum absolute atomic E-state index is 11.1. The molecule has 0 unspecified atom stereocenters. The molecular weight excluding hydrogens is 637 g/mol. The van der Waals surface area contributed by atoms with Crippen LogP contribution in [0.3, 0.4) is 0 Å². The zero-order valence-electron chi connectivity index (χ0n) is 26.1. The maximum Gasteiger partial charge on any atom is 0.330 e. The van der Waals surface area contributed by atoms with Crippen molar-refractivity contribution in [1.29, 1.82) is 0 Å². The summed E-state index contributed by atoms with van der Waals surface area (Å²) in [6.45, 7) is 8.65. The van der Waals surface area contributed by atoms with Gasteiger partial charge in [-0.3, -0.25) is 0 Å². The van der Waals surface area contributed by atoms with E-state index in [9.17, 15) is 9.59 Å². The number of hydrogen-bond acceptors (Lipinski definition) is 13. The number of hydrogen-bond donors (Lipinski definition) is 1. The second-order valence-corrected chi connectivity index (χ2v) is 12.2. The number of carbonyl (C=O) groups is 2. The van der Waals surface area contributed by atoms with Gasteiger partial charge in [0.05, 0.1) is 29.3 Å². The van der Waals surface area contributed by atoms with Crippen LogP contribution in [0.1, 0.15) is 44.9 Å². The van der Waals surface area contributed by atoms with Crippen molar-refractivity contribution in [3.8, 4) is 5.75 Å². The molecule has 0 bridgehead atoms. The lowest BCUT2D eigenvalue weighted by Gasteiger charge is -2.06. The second-order valence-electron chi connectivity index (χ2n) is 10.2. The van der Waals surface area contributed by atoms with Crippen molar-refractivity contribution >= 4 is 71.3 Å². The topological polar surface area (TPSA) is 136 Å². The predicted molar refractivity (Wildman–Crippen MR) is 187 cm³/mol. The summed E-state index contributed by atoms with van der Waals surface area (Å²) in [6, 6.07) is 17.0. The van der Waals surface area contributed by atoms with Crippen molar-refractivity contribution in [2.75, 3.05) is 31.7 Å². The van der Waals surface area contributed by atoms with Gasteiger partial charge in [0, 0.05) is 24.4 Å². The zero-order chi connectivity index (χ0) is 33.1. The number of fused-ring (bicyclic) bond motifs is 1. The molecule has 4 aromatic rings. The van der Waals surface area contributed by atoms with Gasteiger partial charge in [0.2, 0.25) is 5.13 Å². The van der Waals surface area contributed by atoms with Crippen molar-refractivity contribution in [2.24, 2.45) is 20.5 Å². The van der Waals surface area contributed by atoms with Crippen LogP contribution < -0.4 is 10.1 Å². The van der Waals surface area contributed by atoms with E-state index in [2.05, 4.69) is 43.9 Å². The molecule has 0 saturated heterocycles. The number of thiazole rings is 1. The molecule has 0 aliphatic rings. The standard InChI is InChI=1S/C34H38N6O5S2/c1-3-31(41)44-22-11-9-7-5-6-8-10-21-43-28-18-16-27(17-19-28)37-39-30-24-29-33(47-30)36-34(46-29)40-38-26-14-12-25(13-15-26)35-20-23-45-32(42)4-2/h3-4,12-19,24,35H,1-2,5-11,20-23H2. The largest absolute Gasteiger partial charge is 0.494 e. The van der Waals surface area contributed by atoms with Gasteiger partial charge < -0.3 is 19.5 Å². The first kappa shape index (κ1) is 35.1. The van der Waals surface area contributed by atoms with Crippen LogP contribution in [0.25, 0.3) is 9.53 Å². The van der Waals surface area contributed by atoms with E-state index in [1.54, 1.807) is 0 Å². The average molecular weight is 675 g/mol. The first-order valence-electron chi connectivity index (χ1n) is 15.4. The Morgan fingerprint density at radius 2 is 1.32 bits per heavy atom. The Bertz CT molecular complexity index is 1620. The number of benzene rings is 2. The fraction of sp³-hybridized carbons (Fsp3) is 0.324. The van der Waals surface area contributed by atoms with Crippen LogP contribution in [0.4, 0.5) is 27.2 Å². The quantitative estimate of drug-likeness (QED) is 0.0402. The van der Waals surface area contributed by atoms with Gasteiger partial charge in [-0.15, -0.1) is 20.5 Å². The van der Waals surface area contributed by atoms with Crippen LogP contribution in [0.15, 0.2) is 100 Å². The first-order chi connectivity index (χ1) is 23.0. The van der Waals surface area contributed by atoms with Gasteiger partial charge in [0.1, 0.15) is 22.2 Å². The zero-order valence-corrected chi connectivity index (χ0v) is 27.8. The fourth-order valence-electron chi connectivity index (χ4n) is 4.18. The summed E-state index contributed by atoms with van der Waals surface area (Å²) in [4.78, 5) is 27.5. The number of rotatable bonds is 21. The smallest absolute Gasteiger partial charge is 0.330 e. The predicted octanol–water partition coefficient (Wildman–Crippen LogP) is 10.2. The number of azo groups is 2. The summed E-state index contributed by atoms with van der Waals surface area (Å²) in [7, 11) is 0. The van der Waals surface area contributed by atoms with Crippen molar-refractivity contribution in [2.45, 2.75) is 44.9 Å². The van der Waals surface area contributed by atoms with E-state index in [0.29, 0.717) is 30.6 Å². The Balaban J connectivity index is 1.12. The minimum absolute atomic E-state index is 0.254. The number of esters is 2. The molecule has 0 fully saturated rings. The van der Waals surface area contributed by atoms with Gasteiger partial charge >= 0.3 is 11.9 Å². The molecule has 47 heavy (non-hydrogen) atoms. The second kappa shape index (κ2) is 19.7.